The van der Waals surface area contributed by atoms with Crippen molar-refractivity contribution < 1.29 is 27.8 Å². The van der Waals surface area contributed by atoms with Crippen LogP contribution < -0.4 is 0 Å². The third kappa shape index (κ3) is 2.83. The predicted molar refractivity (Wildman–Crippen MR) is 41.8 cm³/mol. The van der Waals surface area contributed by atoms with Crippen molar-refractivity contribution in [3.05, 3.63) is 0 Å². The maximum absolute atomic E-state index is 12.3. The first kappa shape index (κ1) is 11.7. The van der Waals surface area contributed by atoms with E-state index in [9.17, 15) is 18.3 Å². The molecular weight excluding hydrogens is 201 g/mol. The highest BCUT2D eigenvalue weighted by Crippen LogP contribution is 2.30. The Morgan fingerprint density at radius 2 is 2.14 bits per heavy atom. The molecule has 14 heavy (non-hydrogen) atoms. The number of hydrogen-bond donors (Lipinski definition) is 1. The van der Waals surface area contributed by atoms with Crippen molar-refractivity contribution in [2.24, 2.45) is 0 Å². The Morgan fingerprint density at radius 1 is 1.50 bits per heavy atom. The fourth-order valence-electron chi connectivity index (χ4n) is 1.52. The number of rotatable bonds is 2. The van der Waals surface area contributed by atoms with E-state index in [0.29, 0.717) is 6.42 Å². The topological polar surface area (TPSA) is 38.7 Å². The van der Waals surface area contributed by atoms with Crippen LogP contribution >= 0.6 is 0 Å². The van der Waals surface area contributed by atoms with Crippen LogP contribution in [0.4, 0.5) is 13.2 Å². The van der Waals surface area contributed by atoms with Crippen molar-refractivity contribution in [1.82, 2.24) is 0 Å². The first-order valence-electron chi connectivity index (χ1n) is 4.34. The molecule has 0 aromatic heterocycles. The number of methoxy groups -OCH3 is 1. The first-order valence-corrected chi connectivity index (χ1v) is 4.34. The summed E-state index contributed by atoms with van der Waals surface area (Å²) in [5, 5.41) is 9.19. The van der Waals surface area contributed by atoms with Gasteiger partial charge in [-0.1, -0.05) is 0 Å². The summed E-state index contributed by atoms with van der Waals surface area (Å²) in [6.07, 6.45) is -7.87. The molecule has 0 aromatic carbocycles. The zero-order valence-electron chi connectivity index (χ0n) is 7.75. The summed E-state index contributed by atoms with van der Waals surface area (Å²) in [5.41, 5.74) is 0. The molecule has 3 nitrogen and oxygen atoms in total. The Balaban J connectivity index is 2.60. The molecule has 0 saturated carbocycles. The number of halogens is 3. The average Bonchev–Trinajstić information content (AvgIpc) is 2.02. The Hall–Kier alpha value is -0.330. The van der Waals surface area contributed by atoms with Gasteiger partial charge < -0.3 is 14.6 Å². The third-order valence-electron chi connectivity index (χ3n) is 2.20. The molecule has 3 unspecified atom stereocenters. The minimum atomic E-state index is -4.45. The van der Waals surface area contributed by atoms with Gasteiger partial charge in [0.15, 0.2) is 6.10 Å². The number of aliphatic hydroxyl groups excluding tert-OH is 1. The van der Waals surface area contributed by atoms with Gasteiger partial charge in [0, 0.05) is 20.1 Å². The number of aliphatic hydroxyl groups is 1. The third-order valence-corrected chi connectivity index (χ3v) is 2.20. The fraction of sp³-hybridized carbons (Fsp3) is 1.00. The zero-order chi connectivity index (χ0) is 10.8. The smallest absolute Gasteiger partial charge is 0.393 e. The molecule has 6 heteroatoms. The van der Waals surface area contributed by atoms with Crippen molar-refractivity contribution in [2.75, 3.05) is 13.7 Å². The molecule has 0 spiro atoms. The predicted octanol–water partition coefficient (Wildman–Crippen LogP) is 1.10. The van der Waals surface area contributed by atoms with E-state index >= 15 is 0 Å². The van der Waals surface area contributed by atoms with Crippen LogP contribution in [0, 0.1) is 0 Å². The van der Waals surface area contributed by atoms with Gasteiger partial charge in [-0.3, -0.25) is 0 Å². The Kier molecular flexibility index (Phi) is 3.74. The van der Waals surface area contributed by atoms with Crippen LogP contribution in [0.3, 0.4) is 0 Å². The molecule has 0 aromatic rings. The van der Waals surface area contributed by atoms with E-state index in [0.717, 1.165) is 7.11 Å². The largest absolute Gasteiger partial charge is 0.417 e. The summed E-state index contributed by atoms with van der Waals surface area (Å²) in [7, 11) is 0.989. The van der Waals surface area contributed by atoms with Crippen LogP contribution in [0.15, 0.2) is 0 Å². The molecule has 0 bridgehead atoms. The van der Waals surface area contributed by atoms with E-state index in [1.54, 1.807) is 0 Å². The molecule has 1 saturated heterocycles. The molecule has 1 aliphatic rings. The lowest BCUT2D eigenvalue weighted by molar-refractivity contribution is -0.254. The number of ether oxygens (including phenoxy) is 2. The highest BCUT2D eigenvalue weighted by atomic mass is 19.4. The molecule has 0 radical (unpaired) electrons. The van der Waals surface area contributed by atoms with Gasteiger partial charge >= 0.3 is 6.18 Å². The second-order valence-electron chi connectivity index (χ2n) is 3.29. The van der Waals surface area contributed by atoms with Gasteiger partial charge in [-0.25, -0.2) is 0 Å². The fourth-order valence-corrected chi connectivity index (χ4v) is 1.52. The molecule has 1 heterocycles. The van der Waals surface area contributed by atoms with Crippen molar-refractivity contribution in [3.8, 4) is 0 Å². The standard InChI is InChI=1S/C8H13F3O3/c1-13-7(8(9,10)11)6-4-5(12)2-3-14-6/h5-7,12H,2-4H2,1H3. The minimum Gasteiger partial charge on any atom is -0.393 e. The first-order chi connectivity index (χ1) is 6.45. The monoisotopic (exact) mass is 214 g/mol. The van der Waals surface area contributed by atoms with E-state index < -0.39 is 24.5 Å². The van der Waals surface area contributed by atoms with E-state index in [2.05, 4.69) is 4.74 Å². The van der Waals surface area contributed by atoms with E-state index in [4.69, 9.17) is 4.74 Å². The summed E-state index contributed by atoms with van der Waals surface area (Å²) < 4.78 is 46.3. The quantitative estimate of drug-likeness (QED) is 0.748. The van der Waals surface area contributed by atoms with Crippen LogP contribution in [0.2, 0.25) is 0 Å². The maximum Gasteiger partial charge on any atom is 0.417 e. The van der Waals surface area contributed by atoms with E-state index in [1.165, 1.54) is 0 Å². The van der Waals surface area contributed by atoms with Crippen LogP contribution in [0.25, 0.3) is 0 Å². The summed E-state index contributed by atoms with van der Waals surface area (Å²) in [6.45, 7) is 0.141. The van der Waals surface area contributed by atoms with Crippen molar-refractivity contribution in [3.63, 3.8) is 0 Å². The van der Waals surface area contributed by atoms with Gasteiger partial charge in [-0.2, -0.15) is 13.2 Å². The number of hydrogen-bond acceptors (Lipinski definition) is 3. The summed E-state index contributed by atoms with van der Waals surface area (Å²) in [5.74, 6) is 0. The lowest BCUT2D eigenvalue weighted by Crippen LogP contribution is -2.46. The van der Waals surface area contributed by atoms with Crippen molar-refractivity contribution in [2.45, 2.75) is 37.3 Å². The zero-order valence-corrected chi connectivity index (χ0v) is 7.75. The Morgan fingerprint density at radius 3 is 2.57 bits per heavy atom. The molecule has 84 valence electrons. The van der Waals surface area contributed by atoms with Gasteiger partial charge in [0.2, 0.25) is 0 Å². The van der Waals surface area contributed by atoms with Gasteiger partial charge in [0.25, 0.3) is 0 Å². The summed E-state index contributed by atoms with van der Waals surface area (Å²) in [6, 6.07) is 0. The lowest BCUT2D eigenvalue weighted by Gasteiger charge is -2.32. The molecule has 1 rings (SSSR count). The molecule has 1 N–H and O–H groups in total. The normalized spacial score (nSPS) is 31.5. The van der Waals surface area contributed by atoms with Gasteiger partial charge in [-0.15, -0.1) is 0 Å². The number of alkyl halides is 3. The molecule has 1 fully saturated rings. The average molecular weight is 214 g/mol. The molecule has 3 atom stereocenters. The maximum atomic E-state index is 12.3. The van der Waals surface area contributed by atoms with Crippen LogP contribution in [-0.4, -0.2) is 43.3 Å². The van der Waals surface area contributed by atoms with Crippen molar-refractivity contribution >= 4 is 0 Å². The highest BCUT2D eigenvalue weighted by Gasteiger charge is 2.47. The Labute approximate surface area is 79.8 Å². The van der Waals surface area contributed by atoms with Crippen molar-refractivity contribution in [1.29, 1.82) is 0 Å². The second kappa shape index (κ2) is 4.46. The van der Waals surface area contributed by atoms with Gasteiger partial charge in [0.1, 0.15) is 0 Å². The van der Waals surface area contributed by atoms with E-state index in [1.807, 2.05) is 0 Å². The Bertz CT molecular complexity index is 183. The highest BCUT2D eigenvalue weighted by molar-refractivity contribution is 4.82. The summed E-state index contributed by atoms with van der Waals surface area (Å²) >= 11 is 0. The van der Waals surface area contributed by atoms with Gasteiger partial charge in [0.05, 0.1) is 12.2 Å². The van der Waals surface area contributed by atoms with E-state index in [-0.39, 0.29) is 13.0 Å². The van der Waals surface area contributed by atoms with Crippen LogP contribution in [0.5, 0.6) is 0 Å². The molecule has 0 amide bonds. The van der Waals surface area contributed by atoms with Gasteiger partial charge in [-0.05, 0) is 6.42 Å². The molecular formula is C8H13F3O3. The van der Waals surface area contributed by atoms with Crippen LogP contribution in [0.1, 0.15) is 12.8 Å². The lowest BCUT2D eigenvalue weighted by atomic mass is 10.0. The SMILES string of the molecule is COC(C1CC(O)CCO1)C(F)(F)F. The molecule has 0 aliphatic carbocycles. The van der Waals surface area contributed by atoms with Crippen LogP contribution in [-0.2, 0) is 9.47 Å². The molecule has 1 aliphatic heterocycles. The minimum absolute atomic E-state index is 0.0297. The second-order valence-corrected chi connectivity index (χ2v) is 3.29. The summed E-state index contributed by atoms with van der Waals surface area (Å²) in [4.78, 5) is 0.